The highest BCUT2D eigenvalue weighted by Crippen LogP contribution is 2.14. The summed E-state index contributed by atoms with van der Waals surface area (Å²) in [5.41, 5.74) is 0. The number of ether oxygens (including phenoxy) is 1. The lowest BCUT2D eigenvalue weighted by Crippen LogP contribution is -2.52. The minimum atomic E-state index is -0.110. The van der Waals surface area contributed by atoms with Gasteiger partial charge < -0.3 is 15.4 Å². The molecule has 2 atom stereocenters. The SMILES string of the molecule is O=C1NCCOC2CCCNC12. The summed E-state index contributed by atoms with van der Waals surface area (Å²) in [4.78, 5) is 11.4. The second kappa shape index (κ2) is 3.41. The van der Waals surface area contributed by atoms with Crippen LogP contribution in [0, 0.1) is 0 Å². The molecule has 2 N–H and O–H groups in total. The van der Waals surface area contributed by atoms with Gasteiger partial charge in [-0.05, 0) is 19.4 Å². The molecule has 0 radical (unpaired) electrons. The van der Waals surface area contributed by atoms with E-state index in [9.17, 15) is 4.79 Å². The van der Waals surface area contributed by atoms with Crippen molar-refractivity contribution >= 4 is 5.91 Å². The Labute approximate surface area is 71.7 Å². The first-order valence-electron chi connectivity index (χ1n) is 4.50. The number of hydrogen-bond donors (Lipinski definition) is 2. The second-order valence-electron chi connectivity index (χ2n) is 3.27. The molecule has 4 heteroatoms. The van der Waals surface area contributed by atoms with Crippen LogP contribution in [0.1, 0.15) is 12.8 Å². The molecule has 0 aromatic rings. The van der Waals surface area contributed by atoms with Gasteiger partial charge in [0.15, 0.2) is 0 Å². The fourth-order valence-electron chi connectivity index (χ4n) is 1.79. The van der Waals surface area contributed by atoms with Crippen molar-refractivity contribution in [1.29, 1.82) is 0 Å². The maximum Gasteiger partial charge on any atom is 0.239 e. The Morgan fingerprint density at radius 3 is 3.25 bits per heavy atom. The molecule has 2 fully saturated rings. The lowest BCUT2D eigenvalue weighted by Gasteiger charge is -2.28. The lowest BCUT2D eigenvalue weighted by molar-refractivity contribution is -0.125. The molecule has 0 aromatic carbocycles. The summed E-state index contributed by atoms with van der Waals surface area (Å²) in [6, 6.07) is -0.110. The molecule has 0 spiro atoms. The highest BCUT2D eigenvalue weighted by atomic mass is 16.5. The quantitative estimate of drug-likeness (QED) is 0.503. The molecule has 1 amide bonds. The number of hydrogen-bond acceptors (Lipinski definition) is 3. The average molecular weight is 170 g/mol. The van der Waals surface area contributed by atoms with Crippen molar-refractivity contribution in [3.63, 3.8) is 0 Å². The molecule has 2 aliphatic rings. The first-order chi connectivity index (χ1) is 5.88. The van der Waals surface area contributed by atoms with Crippen LogP contribution < -0.4 is 10.6 Å². The molecular formula is C8H14N2O2. The molecular weight excluding hydrogens is 156 g/mol. The highest BCUT2D eigenvalue weighted by Gasteiger charge is 2.32. The van der Waals surface area contributed by atoms with Gasteiger partial charge in [-0.3, -0.25) is 4.79 Å². The minimum Gasteiger partial charge on any atom is -0.374 e. The maximum atomic E-state index is 11.4. The summed E-state index contributed by atoms with van der Waals surface area (Å²) in [5, 5.41) is 5.99. The van der Waals surface area contributed by atoms with Crippen LogP contribution >= 0.6 is 0 Å². The third-order valence-electron chi connectivity index (χ3n) is 2.42. The zero-order valence-electron chi connectivity index (χ0n) is 7.01. The molecule has 0 bridgehead atoms. The zero-order chi connectivity index (χ0) is 8.39. The fourth-order valence-corrected chi connectivity index (χ4v) is 1.79. The van der Waals surface area contributed by atoms with Gasteiger partial charge in [-0.2, -0.15) is 0 Å². The number of nitrogens with one attached hydrogen (secondary N) is 2. The van der Waals surface area contributed by atoms with Crippen molar-refractivity contribution in [1.82, 2.24) is 10.6 Å². The van der Waals surface area contributed by atoms with E-state index >= 15 is 0 Å². The molecule has 2 rings (SSSR count). The summed E-state index contributed by atoms with van der Waals surface area (Å²) < 4.78 is 5.53. The van der Waals surface area contributed by atoms with Gasteiger partial charge in [-0.15, -0.1) is 0 Å². The van der Waals surface area contributed by atoms with E-state index in [1.165, 1.54) is 0 Å². The standard InChI is InChI=1S/C8H14N2O2/c11-8-7-6(2-1-3-9-7)12-5-4-10-8/h6-7,9H,1-5H2,(H,10,11). The van der Waals surface area contributed by atoms with E-state index in [0.717, 1.165) is 19.4 Å². The van der Waals surface area contributed by atoms with E-state index in [2.05, 4.69) is 10.6 Å². The molecule has 2 heterocycles. The predicted octanol–water partition coefficient (Wildman–Crippen LogP) is -0.747. The van der Waals surface area contributed by atoms with Gasteiger partial charge in [0.25, 0.3) is 0 Å². The van der Waals surface area contributed by atoms with Crippen LogP contribution in [0.4, 0.5) is 0 Å². The van der Waals surface area contributed by atoms with Crippen LogP contribution in [-0.4, -0.2) is 37.7 Å². The van der Waals surface area contributed by atoms with Crippen LogP contribution in [0.25, 0.3) is 0 Å². The molecule has 12 heavy (non-hydrogen) atoms. The van der Waals surface area contributed by atoms with Gasteiger partial charge in [0.2, 0.25) is 5.91 Å². The van der Waals surface area contributed by atoms with E-state index in [1.807, 2.05) is 0 Å². The normalized spacial score (nSPS) is 36.5. The lowest BCUT2D eigenvalue weighted by atomic mass is 10.0. The summed E-state index contributed by atoms with van der Waals surface area (Å²) in [6.07, 6.45) is 2.21. The highest BCUT2D eigenvalue weighted by molar-refractivity contribution is 5.82. The Morgan fingerprint density at radius 2 is 2.33 bits per heavy atom. The van der Waals surface area contributed by atoms with Crippen LogP contribution in [0.5, 0.6) is 0 Å². The Morgan fingerprint density at radius 1 is 1.42 bits per heavy atom. The Balaban J connectivity index is 2.06. The smallest absolute Gasteiger partial charge is 0.239 e. The number of carbonyl (C=O) groups is 1. The van der Waals surface area contributed by atoms with Crippen molar-refractivity contribution in [3.05, 3.63) is 0 Å². The van der Waals surface area contributed by atoms with E-state index in [4.69, 9.17) is 4.74 Å². The first-order valence-corrected chi connectivity index (χ1v) is 4.50. The van der Waals surface area contributed by atoms with Gasteiger partial charge in [-0.1, -0.05) is 0 Å². The monoisotopic (exact) mass is 170 g/mol. The number of rotatable bonds is 0. The van der Waals surface area contributed by atoms with Gasteiger partial charge in [0.05, 0.1) is 12.7 Å². The molecule has 68 valence electrons. The van der Waals surface area contributed by atoms with Crippen molar-refractivity contribution in [2.75, 3.05) is 19.7 Å². The Bertz CT molecular complexity index is 184. The Hall–Kier alpha value is -0.610. The van der Waals surface area contributed by atoms with Gasteiger partial charge in [0.1, 0.15) is 6.04 Å². The number of piperidine rings is 1. The van der Waals surface area contributed by atoms with Gasteiger partial charge in [-0.25, -0.2) is 0 Å². The molecule has 0 aliphatic carbocycles. The van der Waals surface area contributed by atoms with Crippen LogP contribution in [0.15, 0.2) is 0 Å². The summed E-state index contributed by atoms with van der Waals surface area (Å²) in [5.74, 6) is 0.0946. The number of amides is 1. The molecule has 0 saturated carbocycles. The number of fused-ring (bicyclic) bond motifs is 1. The van der Waals surface area contributed by atoms with Gasteiger partial charge in [0, 0.05) is 6.54 Å². The van der Waals surface area contributed by atoms with E-state index in [-0.39, 0.29) is 18.1 Å². The predicted molar refractivity (Wildman–Crippen MR) is 43.8 cm³/mol. The van der Waals surface area contributed by atoms with Crippen molar-refractivity contribution < 1.29 is 9.53 Å². The maximum absolute atomic E-state index is 11.4. The van der Waals surface area contributed by atoms with Gasteiger partial charge >= 0.3 is 0 Å². The third-order valence-corrected chi connectivity index (χ3v) is 2.42. The molecule has 2 aliphatic heterocycles. The topological polar surface area (TPSA) is 50.4 Å². The zero-order valence-corrected chi connectivity index (χ0v) is 7.01. The average Bonchev–Trinajstić information content (AvgIpc) is 2.29. The van der Waals surface area contributed by atoms with Crippen molar-refractivity contribution in [2.45, 2.75) is 25.0 Å². The van der Waals surface area contributed by atoms with Crippen molar-refractivity contribution in [3.8, 4) is 0 Å². The second-order valence-corrected chi connectivity index (χ2v) is 3.27. The van der Waals surface area contributed by atoms with Crippen LogP contribution in [-0.2, 0) is 9.53 Å². The first kappa shape index (κ1) is 8.01. The van der Waals surface area contributed by atoms with E-state index < -0.39 is 0 Å². The summed E-state index contributed by atoms with van der Waals surface area (Å²) in [6.45, 7) is 2.22. The molecule has 4 nitrogen and oxygen atoms in total. The summed E-state index contributed by atoms with van der Waals surface area (Å²) in [7, 11) is 0. The van der Waals surface area contributed by atoms with E-state index in [1.54, 1.807) is 0 Å². The van der Waals surface area contributed by atoms with Crippen molar-refractivity contribution in [2.24, 2.45) is 0 Å². The molecule has 0 aromatic heterocycles. The number of carbonyl (C=O) groups excluding carboxylic acids is 1. The fraction of sp³-hybridized carbons (Fsp3) is 0.875. The molecule has 2 unspecified atom stereocenters. The third kappa shape index (κ3) is 1.44. The molecule has 2 saturated heterocycles. The van der Waals surface area contributed by atoms with E-state index in [0.29, 0.717) is 13.2 Å². The van der Waals surface area contributed by atoms with Crippen LogP contribution in [0.3, 0.4) is 0 Å². The largest absolute Gasteiger partial charge is 0.374 e. The summed E-state index contributed by atoms with van der Waals surface area (Å²) >= 11 is 0. The Kier molecular flexibility index (Phi) is 2.28. The minimum absolute atomic E-state index is 0.0946. The van der Waals surface area contributed by atoms with Crippen LogP contribution in [0.2, 0.25) is 0 Å².